The minimum atomic E-state index is -0.442. The van der Waals surface area contributed by atoms with Gasteiger partial charge >= 0.3 is 0 Å². The van der Waals surface area contributed by atoms with E-state index in [1.165, 1.54) is 24.3 Å². The smallest absolute Gasteiger partial charge is 0.167 e. The minimum absolute atomic E-state index is 0.0955. The van der Waals surface area contributed by atoms with Gasteiger partial charge in [0.1, 0.15) is 5.82 Å². The van der Waals surface area contributed by atoms with Crippen LogP contribution in [-0.4, -0.2) is 25.3 Å². The first kappa shape index (κ1) is 10.3. The number of Topliss-reactive ketones (excluding diaryl/α,β-unsaturated/α-hetero) is 1. The van der Waals surface area contributed by atoms with E-state index < -0.39 is 6.29 Å². The van der Waals surface area contributed by atoms with E-state index in [1.807, 2.05) is 0 Å². The average molecular weight is 210 g/mol. The van der Waals surface area contributed by atoms with Gasteiger partial charge in [0, 0.05) is 5.56 Å². The third-order valence-corrected chi connectivity index (χ3v) is 2.21. The van der Waals surface area contributed by atoms with Gasteiger partial charge in [0.05, 0.1) is 19.6 Å². The average Bonchev–Trinajstić information content (AvgIpc) is 2.71. The highest BCUT2D eigenvalue weighted by Gasteiger charge is 2.20. The van der Waals surface area contributed by atoms with Gasteiger partial charge in [0.25, 0.3) is 0 Å². The fourth-order valence-electron chi connectivity index (χ4n) is 1.43. The first-order valence-electron chi connectivity index (χ1n) is 4.78. The van der Waals surface area contributed by atoms with Crippen LogP contribution in [0.15, 0.2) is 24.3 Å². The van der Waals surface area contributed by atoms with Gasteiger partial charge in [-0.3, -0.25) is 4.79 Å². The Hall–Kier alpha value is -1.26. The summed E-state index contributed by atoms with van der Waals surface area (Å²) in [5.74, 6) is -0.443. The van der Waals surface area contributed by atoms with Crippen molar-refractivity contribution >= 4 is 5.78 Å². The highest BCUT2D eigenvalue weighted by molar-refractivity contribution is 5.96. The summed E-state index contributed by atoms with van der Waals surface area (Å²) in [6, 6.07) is 5.46. The molecule has 0 aromatic heterocycles. The van der Waals surface area contributed by atoms with Crippen LogP contribution in [0, 0.1) is 5.82 Å². The second-order valence-corrected chi connectivity index (χ2v) is 3.31. The van der Waals surface area contributed by atoms with Crippen LogP contribution < -0.4 is 0 Å². The predicted molar refractivity (Wildman–Crippen MR) is 51.0 cm³/mol. The lowest BCUT2D eigenvalue weighted by Gasteiger charge is -2.07. The van der Waals surface area contributed by atoms with Crippen molar-refractivity contribution in [3.8, 4) is 0 Å². The van der Waals surface area contributed by atoms with E-state index in [9.17, 15) is 9.18 Å². The SMILES string of the molecule is O=C(CC1OCCO1)c1ccc(F)cc1. The maximum Gasteiger partial charge on any atom is 0.167 e. The number of rotatable bonds is 3. The number of benzene rings is 1. The number of hydrogen-bond acceptors (Lipinski definition) is 3. The molecule has 1 heterocycles. The summed E-state index contributed by atoms with van der Waals surface area (Å²) in [5, 5.41) is 0. The number of halogens is 1. The fraction of sp³-hybridized carbons (Fsp3) is 0.364. The first-order valence-corrected chi connectivity index (χ1v) is 4.78. The third kappa shape index (κ3) is 2.61. The van der Waals surface area contributed by atoms with E-state index >= 15 is 0 Å². The van der Waals surface area contributed by atoms with Crippen molar-refractivity contribution in [2.45, 2.75) is 12.7 Å². The Balaban J connectivity index is 1.98. The minimum Gasteiger partial charge on any atom is -0.350 e. The molecule has 0 saturated carbocycles. The van der Waals surface area contributed by atoms with Crippen LogP contribution >= 0.6 is 0 Å². The van der Waals surface area contributed by atoms with Crippen LogP contribution in [0.5, 0.6) is 0 Å². The molecule has 4 heteroatoms. The lowest BCUT2D eigenvalue weighted by Crippen LogP contribution is -2.14. The van der Waals surface area contributed by atoms with Gasteiger partial charge in [-0.2, -0.15) is 0 Å². The summed E-state index contributed by atoms with van der Waals surface area (Å²) >= 11 is 0. The van der Waals surface area contributed by atoms with Gasteiger partial charge in [-0.05, 0) is 24.3 Å². The number of ketones is 1. The van der Waals surface area contributed by atoms with Crippen molar-refractivity contribution in [1.29, 1.82) is 0 Å². The molecule has 0 spiro atoms. The van der Waals surface area contributed by atoms with E-state index in [0.717, 1.165) is 0 Å². The molecule has 0 atom stereocenters. The number of hydrogen-bond donors (Lipinski definition) is 0. The molecular weight excluding hydrogens is 199 g/mol. The van der Waals surface area contributed by atoms with Gasteiger partial charge in [0.15, 0.2) is 12.1 Å². The third-order valence-electron chi connectivity index (χ3n) is 2.21. The van der Waals surface area contributed by atoms with Crippen LogP contribution in [0.4, 0.5) is 4.39 Å². The molecule has 1 saturated heterocycles. The second kappa shape index (κ2) is 4.51. The van der Waals surface area contributed by atoms with Gasteiger partial charge in [-0.15, -0.1) is 0 Å². The van der Waals surface area contributed by atoms with Crippen LogP contribution in [-0.2, 0) is 9.47 Å². The highest BCUT2D eigenvalue weighted by atomic mass is 19.1. The molecule has 0 amide bonds. The van der Waals surface area contributed by atoms with Crippen molar-refractivity contribution in [1.82, 2.24) is 0 Å². The molecule has 3 nitrogen and oxygen atoms in total. The van der Waals surface area contributed by atoms with Gasteiger partial charge < -0.3 is 9.47 Å². The summed E-state index contributed by atoms with van der Waals surface area (Å²) in [7, 11) is 0. The van der Waals surface area contributed by atoms with Crippen molar-refractivity contribution < 1.29 is 18.7 Å². The Morgan fingerprint density at radius 1 is 1.27 bits per heavy atom. The molecule has 0 unspecified atom stereocenters. The van der Waals surface area contributed by atoms with Gasteiger partial charge in [0.2, 0.25) is 0 Å². The van der Waals surface area contributed by atoms with Crippen molar-refractivity contribution in [3.05, 3.63) is 35.6 Å². The molecule has 80 valence electrons. The van der Waals surface area contributed by atoms with Crippen LogP contribution in [0.25, 0.3) is 0 Å². The van der Waals surface area contributed by atoms with Crippen LogP contribution in [0.2, 0.25) is 0 Å². The summed E-state index contributed by atoms with van der Waals surface area (Å²) in [6.45, 7) is 1.06. The Morgan fingerprint density at radius 3 is 2.47 bits per heavy atom. The molecule has 1 aliphatic rings. The fourth-order valence-corrected chi connectivity index (χ4v) is 1.43. The lowest BCUT2D eigenvalue weighted by atomic mass is 10.1. The van der Waals surface area contributed by atoms with E-state index in [4.69, 9.17) is 9.47 Å². The number of carbonyl (C=O) groups is 1. The molecule has 1 aliphatic heterocycles. The Kier molecular flexibility index (Phi) is 3.08. The van der Waals surface area contributed by atoms with Gasteiger partial charge in [-0.25, -0.2) is 4.39 Å². The normalized spacial score (nSPS) is 16.9. The molecular formula is C11H11FO3. The molecule has 15 heavy (non-hydrogen) atoms. The number of ether oxygens (including phenoxy) is 2. The molecule has 1 aromatic carbocycles. The zero-order valence-electron chi connectivity index (χ0n) is 8.11. The number of carbonyl (C=O) groups excluding carboxylic acids is 1. The summed E-state index contributed by atoms with van der Waals surface area (Å²) in [6.07, 6.45) is -0.256. The second-order valence-electron chi connectivity index (χ2n) is 3.31. The van der Waals surface area contributed by atoms with E-state index in [2.05, 4.69) is 0 Å². The Morgan fingerprint density at radius 2 is 1.87 bits per heavy atom. The standard InChI is InChI=1S/C11H11FO3/c12-9-3-1-8(2-4-9)10(13)7-11-14-5-6-15-11/h1-4,11H,5-7H2. The van der Waals surface area contributed by atoms with Crippen LogP contribution in [0.3, 0.4) is 0 Å². The van der Waals surface area contributed by atoms with E-state index in [1.54, 1.807) is 0 Å². The quantitative estimate of drug-likeness (QED) is 0.713. The first-order chi connectivity index (χ1) is 7.25. The molecule has 1 fully saturated rings. The topological polar surface area (TPSA) is 35.5 Å². The van der Waals surface area contributed by atoms with Crippen molar-refractivity contribution in [2.75, 3.05) is 13.2 Å². The molecule has 0 bridgehead atoms. The maximum absolute atomic E-state index is 12.6. The molecule has 0 radical (unpaired) electrons. The monoisotopic (exact) mass is 210 g/mol. The molecule has 0 N–H and O–H groups in total. The van der Waals surface area contributed by atoms with E-state index in [-0.39, 0.29) is 18.0 Å². The Labute approximate surface area is 86.8 Å². The highest BCUT2D eigenvalue weighted by Crippen LogP contribution is 2.13. The molecule has 2 rings (SSSR count). The van der Waals surface area contributed by atoms with Gasteiger partial charge in [-0.1, -0.05) is 0 Å². The molecule has 0 aliphatic carbocycles. The maximum atomic E-state index is 12.6. The molecule has 1 aromatic rings. The van der Waals surface area contributed by atoms with E-state index in [0.29, 0.717) is 18.8 Å². The predicted octanol–water partition coefficient (Wildman–Crippen LogP) is 1.77. The van der Waals surface area contributed by atoms with Crippen LogP contribution in [0.1, 0.15) is 16.8 Å². The largest absolute Gasteiger partial charge is 0.350 e. The van der Waals surface area contributed by atoms with Crippen molar-refractivity contribution in [3.63, 3.8) is 0 Å². The van der Waals surface area contributed by atoms with Crippen molar-refractivity contribution in [2.24, 2.45) is 0 Å². The zero-order chi connectivity index (χ0) is 10.7. The summed E-state index contributed by atoms with van der Waals surface area (Å²) < 4.78 is 22.9. The summed E-state index contributed by atoms with van der Waals surface area (Å²) in [4.78, 5) is 11.6. The summed E-state index contributed by atoms with van der Waals surface area (Å²) in [5.41, 5.74) is 0.482. The zero-order valence-corrected chi connectivity index (χ0v) is 8.11. The Bertz CT molecular complexity index is 341. The lowest BCUT2D eigenvalue weighted by molar-refractivity contribution is -0.0407.